The van der Waals surface area contributed by atoms with E-state index in [1.54, 1.807) is 12.1 Å². The Bertz CT molecular complexity index is 809. The van der Waals surface area contributed by atoms with Gasteiger partial charge in [0.2, 0.25) is 0 Å². The van der Waals surface area contributed by atoms with Gasteiger partial charge >= 0.3 is 0 Å². The molecule has 0 aromatic heterocycles. The van der Waals surface area contributed by atoms with Crippen molar-refractivity contribution in [3.8, 4) is 5.75 Å². The average Bonchev–Trinajstić information content (AvgIpc) is 2.49. The molecule has 0 radical (unpaired) electrons. The van der Waals surface area contributed by atoms with E-state index in [2.05, 4.69) is 10.5 Å². The molecule has 2 aromatic rings. The average molecular weight is 353 g/mol. The van der Waals surface area contributed by atoms with Gasteiger partial charge in [0.1, 0.15) is 0 Å². The maximum Gasteiger partial charge on any atom is 0.271 e. The first-order valence-electron chi connectivity index (χ1n) is 6.12. The summed E-state index contributed by atoms with van der Waals surface area (Å²) in [5, 5.41) is 26.6. The topological polar surface area (TPSA) is 108 Å². The van der Waals surface area contributed by atoms with Gasteiger partial charge in [0.15, 0.2) is 0 Å². The SMILES string of the molecule is O=C(N/N=C\c1cc(Cl)cc([N+](=O)[O-])c1[O-])c1cccc(Cl)c1. The second-order valence-electron chi connectivity index (χ2n) is 4.31. The van der Waals surface area contributed by atoms with Crippen molar-refractivity contribution in [2.45, 2.75) is 0 Å². The highest BCUT2D eigenvalue weighted by Gasteiger charge is 2.11. The summed E-state index contributed by atoms with van der Waals surface area (Å²) in [5.74, 6) is -1.40. The predicted molar refractivity (Wildman–Crippen MR) is 84.1 cm³/mol. The molecule has 1 amide bonds. The Morgan fingerprint density at radius 3 is 2.61 bits per heavy atom. The first-order valence-corrected chi connectivity index (χ1v) is 6.88. The molecule has 0 heterocycles. The van der Waals surface area contributed by atoms with Crippen LogP contribution in [0.4, 0.5) is 5.69 Å². The first-order chi connectivity index (χ1) is 10.9. The Morgan fingerprint density at radius 1 is 1.22 bits per heavy atom. The molecule has 9 heteroatoms. The van der Waals surface area contributed by atoms with Crippen molar-refractivity contribution in [1.82, 2.24) is 5.43 Å². The number of carbonyl (C=O) groups excluding carboxylic acids is 1. The second-order valence-corrected chi connectivity index (χ2v) is 5.18. The molecule has 2 rings (SSSR count). The number of amides is 1. The zero-order valence-corrected chi connectivity index (χ0v) is 12.8. The largest absolute Gasteiger partial charge is 0.867 e. The van der Waals surface area contributed by atoms with Gasteiger partial charge in [0, 0.05) is 21.7 Å². The van der Waals surface area contributed by atoms with Crippen LogP contribution in [0.1, 0.15) is 15.9 Å². The number of hydrazone groups is 1. The number of nitrogens with zero attached hydrogens (tertiary/aromatic N) is 2. The summed E-state index contributed by atoms with van der Waals surface area (Å²) in [6.45, 7) is 0. The summed E-state index contributed by atoms with van der Waals surface area (Å²) in [5.41, 5.74) is 1.68. The Morgan fingerprint density at radius 2 is 1.96 bits per heavy atom. The van der Waals surface area contributed by atoms with Crippen LogP contribution in [0.3, 0.4) is 0 Å². The number of nitrogens with one attached hydrogen (secondary N) is 1. The highest BCUT2D eigenvalue weighted by molar-refractivity contribution is 6.31. The van der Waals surface area contributed by atoms with Crippen LogP contribution < -0.4 is 10.5 Å². The molecule has 118 valence electrons. The summed E-state index contributed by atoms with van der Waals surface area (Å²) in [4.78, 5) is 21.7. The lowest BCUT2D eigenvalue weighted by Gasteiger charge is -2.10. The maximum absolute atomic E-state index is 11.8. The van der Waals surface area contributed by atoms with E-state index in [0.717, 1.165) is 12.3 Å². The van der Waals surface area contributed by atoms with Gasteiger partial charge in [-0.05, 0) is 35.6 Å². The van der Waals surface area contributed by atoms with Gasteiger partial charge in [-0.15, -0.1) is 0 Å². The fraction of sp³-hybridized carbons (Fsp3) is 0. The highest BCUT2D eigenvalue weighted by Crippen LogP contribution is 2.29. The zero-order valence-electron chi connectivity index (χ0n) is 11.3. The quantitative estimate of drug-likeness (QED) is 0.518. The fourth-order valence-corrected chi connectivity index (χ4v) is 2.10. The maximum atomic E-state index is 11.8. The number of nitro groups is 1. The van der Waals surface area contributed by atoms with Crippen LogP contribution in [0.2, 0.25) is 10.0 Å². The normalized spacial score (nSPS) is 10.7. The van der Waals surface area contributed by atoms with Crippen LogP contribution in [-0.4, -0.2) is 17.0 Å². The monoisotopic (exact) mass is 352 g/mol. The van der Waals surface area contributed by atoms with Crippen LogP contribution >= 0.6 is 23.2 Å². The van der Waals surface area contributed by atoms with Gasteiger partial charge in [-0.3, -0.25) is 14.9 Å². The lowest BCUT2D eigenvalue weighted by molar-refractivity contribution is -0.398. The first kappa shape index (κ1) is 16.7. The van der Waals surface area contributed by atoms with Crippen molar-refractivity contribution in [2.24, 2.45) is 5.10 Å². The smallest absolute Gasteiger partial charge is 0.271 e. The van der Waals surface area contributed by atoms with Crippen molar-refractivity contribution in [2.75, 3.05) is 0 Å². The lowest BCUT2D eigenvalue weighted by Crippen LogP contribution is -2.17. The van der Waals surface area contributed by atoms with E-state index in [-0.39, 0.29) is 16.1 Å². The lowest BCUT2D eigenvalue weighted by atomic mass is 10.2. The van der Waals surface area contributed by atoms with Crippen LogP contribution in [-0.2, 0) is 0 Å². The van der Waals surface area contributed by atoms with Gasteiger partial charge in [0.25, 0.3) is 11.6 Å². The Balaban J connectivity index is 2.18. The van der Waals surface area contributed by atoms with Crippen molar-refractivity contribution < 1.29 is 14.8 Å². The number of hydrogen-bond acceptors (Lipinski definition) is 5. The third-order valence-corrected chi connectivity index (χ3v) is 3.17. The molecule has 0 aliphatic heterocycles. The van der Waals surface area contributed by atoms with Crippen molar-refractivity contribution in [3.05, 3.63) is 67.7 Å². The van der Waals surface area contributed by atoms with Gasteiger partial charge in [-0.2, -0.15) is 5.10 Å². The van der Waals surface area contributed by atoms with Crippen LogP contribution in [0.5, 0.6) is 5.75 Å². The zero-order chi connectivity index (χ0) is 17.0. The molecule has 0 saturated heterocycles. The van der Waals surface area contributed by atoms with Crippen molar-refractivity contribution >= 4 is 41.0 Å². The van der Waals surface area contributed by atoms with Crippen LogP contribution in [0.15, 0.2) is 41.5 Å². The molecular formula is C14H8Cl2N3O4-. The molecular weight excluding hydrogens is 345 g/mol. The number of benzene rings is 2. The molecule has 0 aliphatic carbocycles. The minimum Gasteiger partial charge on any atom is -0.867 e. The second kappa shape index (κ2) is 7.08. The van der Waals surface area contributed by atoms with Crippen molar-refractivity contribution in [3.63, 3.8) is 0 Å². The molecule has 2 aromatic carbocycles. The molecule has 0 atom stereocenters. The minimum absolute atomic E-state index is 0.0129. The van der Waals surface area contributed by atoms with E-state index < -0.39 is 22.3 Å². The highest BCUT2D eigenvalue weighted by atomic mass is 35.5. The van der Waals surface area contributed by atoms with E-state index in [1.807, 2.05) is 0 Å². The molecule has 0 spiro atoms. The Kier molecular flexibility index (Phi) is 5.15. The summed E-state index contributed by atoms with van der Waals surface area (Å²) >= 11 is 11.5. The summed E-state index contributed by atoms with van der Waals surface area (Å²) in [7, 11) is 0. The molecule has 0 fully saturated rings. The molecule has 0 aliphatic rings. The van der Waals surface area contributed by atoms with E-state index in [0.29, 0.717) is 5.02 Å². The Hall–Kier alpha value is -2.64. The standard InChI is InChI=1S/C14H9Cl2N3O4/c15-10-3-1-2-8(4-10)14(21)18-17-7-9-5-11(16)6-12(13(9)20)19(22)23/h1-7,20H,(H,18,21)/p-1/b17-7-. The van der Waals surface area contributed by atoms with E-state index in [9.17, 15) is 20.0 Å². The van der Waals surface area contributed by atoms with Gasteiger partial charge in [0.05, 0.1) is 11.1 Å². The number of nitro benzene ring substituents is 1. The molecule has 23 heavy (non-hydrogen) atoms. The molecule has 0 saturated carbocycles. The minimum atomic E-state index is -0.847. The summed E-state index contributed by atoms with van der Waals surface area (Å²) < 4.78 is 0. The number of hydrogen-bond donors (Lipinski definition) is 1. The number of halogens is 2. The fourth-order valence-electron chi connectivity index (χ4n) is 1.69. The molecule has 0 unspecified atom stereocenters. The number of carbonyl (C=O) groups is 1. The summed E-state index contributed by atoms with van der Waals surface area (Å²) in [6.07, 6.45) is 0.990. The van der Waals surface area contributed by atoms with Gasteiger partial charge in [-0.1, -0.05) is 29.3 Å². The number of rotatable bonds is 4. The van der Waals surface area contributed by atoms with Gasteiger partial charge < -0.3 is 5.11 Å². The van der Waals surface area contributed by atoms with Crippen LogP contribution in [0.25, 0.3) is 0 Å². The van der Waals surface area contributed by atoms with E-state index in [1.165, 1.54) is 18.2 Å². The third-order valence-electron chi connectivity index (χ3n) is 2.72. The third kappa shape index (κ3) is 4.18. The molecule has 7 nitrogen and oxygen atoms in total. The predicted octanol–water partition coefficient (Wildman–Crippen LogP) is 2.74. The van der Waals surface area contributed by atoms with Crippen LogP contribution in [0, 0.1) is 10.1 Å². The molecule has 1 N–H and O–H groups in total. The van der Waals surface area contributed by atoms with E-state index in [4.69, 9.17) is 23.2 Å². The molecule has 0 bridgehead atoms. The Labute approximate surface area is 140 Å². The van der Waals surface area contributed by atoms with E-state index >= 15 is 0 Å². The summed E-state index contributed by atoms with van der Waals surface area (Å²) in [6, 6.07) is 8.33. The van der Waals surface area contributed by atoms with Gasteiger partial charge in [-0.25, -0.2) is 5.43 Å². The van der Waals surface area contributed by atoms with Crippen molar-refractivity contribution in [1.29, 1.82) is 0 Å².